The van der Waals surface area contributed by atoms with Crippen LogP contribution in [0, 0.1) is 13.8 Å². The maximum atomic E-state index is 5.50. The molecule has 0 unspecified atom stereocenters. The summed E-state index contributed by atoms with van der Waals surface area (Å²) in [6, 6.07) is 6.66. The van der Waals surface area contributed by atoms with Gasteiger partial charge in [-0.15, -0.1) is 11.8 Å². The van der Waals surface area contributed by atoms with Crippen LogP contribution in [-0.2, 0) is 4.74 Å². The second-order valence-electron chi connectivity index (χ2n) is 4.83. The van der Waals surface area contributed by atoms with Crippen molar-refractivity contribution >= 4 is 11.8 Å². The predicted octanol–water partition coefficient (Wildman–Crippen LogP) is 3.80. The fraction of sp³-hybridized carbons (Fsp3) is 0.625. The van der Waals surface area contributed by atoms with E-state index in [1.54, 1.807) is 0 Å². The fourth-order valence-electron chi connectivity index (χ4n) is 1.81. The highest BCUT2D eigenvalue weighted by Crippen LogP contribution is 2.22. The maximum absolute atomic E-state index is 5.50. The van der Waals surface area contributed by atoms with Crippen molar-refractivity contribution < 1.29 is 4.74 Å². The van der Waals surface area contributed by atoms with E-state index in [4.69, 9.17) is 4.74 Å². The third-order valence-electron chi connectivity index (χ3n) is 2.93. The molecule has 0 aliphatic rings. The van der Waals surface area contributed by atoms with E-state index in [2.05, 4.69) is 44.3 Å². The van der Waals surface area contributed by atoms with E-state index >= 15 is 0 Å². The molecule has 0 spiro atoms. The van der Waals surface area contributed by atoms with Crippen molar-refractivity contribution in [2.24, 2.45) is 0 Å². The number of hydrogen-bond donors (Lipinski definition) is 1. The average molecular weight is 281 g/mol. The fourth-order valence-corrected chi connectivity index (χ4v) is 2.73. The van der Waals surface area contributed by atoms with Gasteiger partial charge in [-0.25, -0.2) is 0 Å². The number of rotatable bonds is 10. The lowest BCUT2D eigenvalue weighted by Crippen LogP contribution is -2.22. The lowest BCUT2D eigenvalue weighted by atomic mass is 10.2. The van der Waals surface area contributed by atoms with Crippen molar-refractivity contribution in [1.29, 1.82) is 0 Å². The lowest BCUT2D eigenvalue weighted by molar-refractivity contribution is 0.133. The molecule has 2 nitrogen and oxygen atoms in total. The average Bonchev–Trinajstić information content (AvgIpc) is 2.39. The molecule has 0 amide bonds. The van der Waals surface area contributed by atoms with Crippen LogP contribution in [0.5, 0.6) is 0 Å². The molecule has 3 heteroatoms. The summed E-state index contributed by atoms with van der Waals surface area (Å²) in [6.07, 6.45) is 2.38. The van der Waals surface area contributed by atoms with Gasteiger partial charge in [-0.3, -0.25) is 0 Å². The summed E-state index contributed by atoms with van der Waals surface area (Å²) in [5, 5.41) is 3.42. The van der Waals surface area contributed by atoms with Gasteiger partial charge in [-0.2, -0.15) is 0 Å². The smallest absolute Gasteiger partial charge is 0.0590 e. The molecule has 0 fully saturated rings. The Morgan fingerprint density at radius 1 is 1.16 bits per heavy atom. The Hall–Kier alpha value is -0.510. The summed E-state index contributed by atoms with van der Waals surface area (Å²) in [5.74, 6) is 1.11. The number of unbranched alkanes of at least 4 members (excludes halogenated alkanes) is 1. The first kappa shape index (κ1) is 16.5. The van der Waals surface area contributed by atoms with E-state index in [1.165, 1.54) is 28.9 Å². The topological polar surface area (TPSA) is 21.3 Å². The van der Waals surface area contributed by atoms with Crippen LogP contribution in [-0.4, -0.2) is 32.1 Å². The second kappa shape index (κ2) is 10.3. The summed E-state index contributed by atoms with van der Waals surface area (Å²) in [5.41, 5.74) is 2.72. The Morgan fingerprint density at radius 3 is 2.74 bits per heavy atom. The zero-order valence-electron chi connectivity index (χ0n) is 12.5. The molecule has 0 aromatic heterocycles. The monoisotopic (exact) mass is 281 g/mol. The lowest BCUT2D eigenvalue weighted by Gasteiger charge is -2.08. The van der Waals surface area contributed by atoms with Crippen LogP contribution in [0.2, 0.25) is 0 Å². The van der Waals surface area contributed by atoms with Crippen LogP contribution in [0.15, 0.2) is 23.1 Å². The van der Waals surface area contributed by atoms with Gasteiger partial charge in [0.2, 0.25) is 0 Å². The van der Waals surface area contributed by atoms with Crippen molar-refractivity contribution in [3.8, 4) is 0 Å². The molecular formula is C16H27NOS. The molecule has 0 saturated heterocycles. The number of benzene rings is 1. The van der Waals surface area contributed by atoms with Crippen LogP contribution in [0.4, 0.5) is 0 Å². The second-order valence-corrected chi connectivity index (χ2v) is 5.97. The van der Waals surface area contributed by atoms with Gasteiger partial charge in [0.05, 0.1) is 6.61 Å². The highest BCUT2D eigenvalue weighted by molar-refractivity contribution is 7.99. The number of nitrogens with one attached hydrogen (secondary N) is 1. The summed E-state index contributed by atoms with van der Waals surface area (Å²) in [4.78, 5) is 1.39. The summed E-state index contributed by atoms with van der Waals surface area (Å²) >= 11 is 1.92. The Morgan fingerprint density at radius 2 is 2.00 bits per heavy atom. The summed E-state index contributed by atoms with van der Waals surface area (Å²) in [7, 11) is 0. The summed E-state index contributed by atoms with van der Waals surface area (Å²) in [6.45, 7) is 10.2. The van der Waals surface area contributed by atoms with Gasteiger partial charge < -0.3 is 10.1 Å². The normalized spacial score (nSPS) is 10.9. The molecule has 19 heavy (non-hydrogen) atoms. The minimum absolute atomic E-state index is 0.828. The zero-order valence-corrected chi connectivity index (χ0v) is 13.3. The molecule has 108 valence electrons. The van der Waals surface area contributed by atoms with Crippen LogP contribution in [0.1, 0.15) is 30.9 Å². The van der Waals surface area contributed by atoms with Gasteiger partial charge in [-0.1, -0.05) is 31.0 Å². The standard InChI is InChI=1S/C16H27NOS/c1-4-5-10-18-11-8-17-9-12-19-16-7-6-14(2)13-15(16)3/h6-7,13,17H,4-5,8-12H2,1-3H3. The molecule has 1 aromatic rings. The van der Waals surface area contributed by atoms with Gasteiger partial charge in [0.15, 0.2) is 0 Å². The molecule has 1 rings (SSSR count). The number of hydrogen-bond acceptors (Lipinski definition) is 3. The Bertz CT molecular complexity index is 355. The SMILES string of the molecule is CCCCOCCNCCSc1ccc(C)cc1C. The highest BCUT2D eigenvalue weighted by Gasteiger charge is 1.98. The first-order valence-electron chi connectivity index (χ1n) is 7.22. The van der Waals surface area contributed by atoms with E-state index in [0.717, 1.165) is 32.1 Å². The van der Waals surface area contributed by atoms with Gasteiger partial charge in [0.25, 0.3) is 0 Å². The van der Waals surface area contributed by atoms with Gasteiger partial charge in [0, 0.05) is 30.3 Å². The molecule has 0 saturated carbocycles. The molecule has 0 radical (unpaired) electrons. The van der Waals surface area contributed by atoms with E-state index in [1.807, 2.05) is 11.8 Å². The first-order valence-corrected chi connectivity index (χ1v) is 8.21. The summed E-state index contributed by atoms with van der Waals surface area (Å²) < 4.78 is 5.50. The third kappa shape index (κ3) is 7.61. The van der Waals surface area contributed by atoms with E-state index < -0.39 is 0 Å². The number of aryl methyl sites for hydroxylation is 2. The Kier molecular flexibility index (Phi) is 8.97. The molecule has 0 aliphatic heterocycles. The highest BCUT2D eigenvalue weighted by atomic mass is 32.2. The first-order chi connectivity index (χ1) is 9.24. The predicted molar refractivity (Wildman–Crippen MR) is 85.2 cm³/mol. The molecule has 1 N–H and O–H groups in total. The van der Waals surface area contributed by atoms with Crippen LogP contribution < -0.4 is 5.32 Å². The minimum Gasteiger partial charge on any atom is -0.380 e. The van der Waals surface area contributed by atoms with Crippen molar-refractivity contribution in [3.63, 3.8) is 0 Å². The molecule has 1 aromatic carbocycles. The quantitative estimate of drug-likeness (QED) is 0.520. The largest absolute Gasteiger partial charge is 0.380 e. The van der Waals surface area contributed by atoms with Crippen molar-refractivity contribution in [2.45, 2.75) is 38.5 Å². The Balaban J connectivity index is 2.01. The van der Waals surface area contributed by atoms with Crippen molar-refractivity contribution in [1.82, 2.24) is 5.32 Å². The third-order valence-corrected chi connectivity index (χ3v) is 4.11. The van der Waals surface area contributed by atoms with E-state index in [0.29, 0.717) is 0 Å². The van der Waals surface area contributed by atoms with Crippen LogP contribution in [0.3, 0.4) is 0 Å². The molecule has 0 atom stereocenters. The van der Waals surface area contributed by atoms with Crippen molar-refractivity contribution in [3.05, 3.63) is 29.3 Å². The van der Waals surface area contributed by atoms with E-state index in [9.17, 15) is 0 Å². The maximum Gasteiger partial charge on any atom is 0.0590 e. The number of thioether (sulfide) groups is 1. The minimum atomic E-state index is 0.828. The van der Waals surface area contributed by atoms with Gasteiger partial charge in [0.1, 0.15) is 0 Å². The van der Waals surface area contributed by atoms with Crippen LogP contribution in [0.25, 0.3) is 0 Å². The van der Waals surface area contributed by atoms with Gasteiger partial charge >= 0.3 is 0 Å². The number of ether oxygens (including phenoxy) is 1. The van der Waals surface area contributed by atoms with Crippen LogP contribution >= 0.6 is 11.8 Å². The van der Waals surface area contributed by atoms with E-state index in [-0.39, 0.29) is 0 Å². The zero-order chi connectivity index (χ0) is 13.9. The Labute approximate surface area is 122 Å². The van der Waals surface area contributed by atoms with Gasteiger partial charge in [-0.05, 0) is 31.9 Å². The molecular weight excluding hydrogens is 254 g/mol. The molecule has 0 bridgehead atoms. The van der Waals surface area contributed by atoms with Crippen molar-refractivity contribution in [2.75, 3.05) is 32.1 Å². The molecule has 0 heterocycles. The molecule has 0 aliphatic carbocycles.